The zero-order valence-corrected chi connectivity index (χ0v) is 15.4. The lowest BCUT2D eigenvalue weighted by Gasteiger charge is -2.26. The SMILES string of the molecule is COc1cc(C)c2nc3n[nH]c(C)c3c(N3CCCN(C)CC3)c2c1. The average Bonchev–Trinajstić information content (AvgIpc) is 2.83. The highest BCUT2D eigenvalue weighted by molar-refractivity contribution is 6.09. The molecule has 0 amide bonds. The number of likely N-dealkylation sites (N-methyl/N-ethyl adjacent to an activating group) is 1. The minimum atomic E-state index is 0.797. The van der Waals surface area contributed by atoms with Gasteiger partial charge in [0.25, 0.3) is 0 Å². The van der Waals surface area contributed by atoms with E-state index in [2.05, 4.69) is 47.0 Å². The van der Waals surface area contributed by atoms with Crippen LogP contribution in [-0.2, 0) is 0 Å². The van der Waals surface area contributed by atoms with E-state index in [-0.39, 0.29) is 0 Å². The topological polar surface area (TPSA) is 57.3 Å². The molecular weight excluding hydrogens is 314 g/mol. The first-order chi connectivity index (χ1) is 12.1. The number of hydrogen-bond donors (Lipinski definition) is 1. The van der Waals surface area contributed by atoms with E-state index in [9.17, 15) is 0 Å². The Morgan fingerprint density at radius 3 is 2.76 bits per heavy atom. The molecule has 132 valence electrons. The second-order valence-corrected chi connectivity index (χ2v) is 6.99. The molecule has 6 nitrogen and oxygen atoms in total. The van der Waals surface area contributed by atoms with Gasteiger partial charge in [-0.3, -0.25) is 5.10 Å². The molecule has 25 heavy (non-hydrogen) atoms. The molecule has 0 bridgehead atoms. The number of pyridine rings is 1. The number of H-pyrrole nitrogens is 1. The van der Waals surface area contributed by atoms with Gasteiger partial charge in [-0.15, -0.1) is 0 Å². The number of aromatic amines is 1. The van der Waals surface area contributed by atoms with E-state index in [0.717, 1.165) is 71.5 Å². The number of fused-ring (bicyclic) bond motifs is 2. The third-order valence-electron chi connectivity index (χ3n) is 5.18. The van der Waals surface area contributed by atoms with E-state index < -0.39 is 0 Å². The Bertz CT molecular complexity index is 933. The number of hydrogen-bond acceptors (Lipinski definition) is 5. The Hall–Kier alpha value is -2.34. The molecule has 0 saturated carbocycles. The highest BCUT2D eigenvalue weighted by Crippen LogP contribution is 2.38. The number of aryl methyl sites for hydroxylation is 2. The van der Waals surface area contributed by atoms with Crippen molar-refractivity contribution in [3.05, 3.63) is 23.4 Å². The second-order valence-electron chi connectivity index (χ2n) is 6.99. The third-order valence-corrected chi connectivity index (χ3v) is 5.18. The minimum absolute atomic E-state index is 0.797. The Morgan fingerprint density at radius 2 is 1.96 bits per heavy atom. The summed E-state index contributed by atoms with van der Waals surface area (Å²) < 4.78 is 5.53. The van der Waals surface area contributed by atoms with Crippen LogP contribution in [0.3, 0.4) is 0 Å². The Kier molecular flexibility index (Phi) is 4.00. The average molecular weight is 339 g/mol. The number of aromatic nitrogens is 3. The Labute approximate surface area is 147 Å². The fraction of sp³-hybridized carbons (Fsp3) is 0.474. The lowest BCUT2D eigenvalue weighted by Crippen LogP contribution is -2.29. The van der Waals surface area contributed by atoms with Gasteiger partial charge in [0.15, 0.2) is 5.65 Å². The van der Waals surface area contributed by atoms with Crippen LogP contribution in [0.5, 0.6) is 5.75 Å². The van der Waals surface area contributed by atoms with Crippen LogP contribution < -0.4 is 9.64 Å². The summed E-state index contributed by atoms with van der Waals surface area (Å²) in [6, 6.07) is 4.16. The number of methoxy groups -OCH3 is 1. The van der Waals surface area contributed by atoms with Crippen LogP contribution in [0.2, 0.25) is 0 Å². The molecule has 3 aromatic rings. The summed E-state index contributed by atoms with van der Waals surface area (Å²) >= 11 is 0. The maximum atomic E-state index is 5.53. The molecule has 1 fully saturated rings. The standard InChI is InChI=1S/C19H25N5O/c1-12-10-14(25-4)11-15-17(12)20-19-16(13(2)21-22-19)18(15)24-7-5-6-23(3)8-9-24/h10-11H,5-9H2,1-4H3,(H,20,21,22). The molecule has 3 heterocycles. The van der Waals surface area contributed by atoms with Gasteiger partial charge in [-0.05, 0) is 51.6 Å². The van der Waals surface area contributed by atoms with Gasteiger partial charge >= 0.3 is 0 Å². The van der Waals surface area contributed by atoms with E-state index in [0.29, 0.717) is 0 Å². The van der Waals surface area contributed by atoms with E-state index in [4.69, 9.17) is 9.72 Å². The zero-order chi connectivity index (χ0) is 17.6. The van der Waals surface area contributed by atoms with Crippen LogP contribution in [0.15, 0.2) is 12.1 Å². The van der Waals surface area contributed by atoms with Crippen molar-refractivity contribution in [2.24, 2.45) is 0 Å². The zero-order valence-electron chi connectivity index (χ0n) is 15.4. The van der Waals surface area contributed by atoms with Gasteiger partial charge in [0.2, 0.25) is 0 Å². The predicted octanol–water partition coefficient (Wildman–Crippen LogP) is 2.88. The quantitative estimate of drug-likeness (QED) is 0.778. The highest BCUT2D eigenvalue weighted by Gasteiger charge is 2.22. The van der Waals surface area contributed by atoms with Crippen molar-refractivity contribution < 1.29 is 4.74 Å². The van der Waals surface area contributed by atoms with Crippen molar-refractivity contribution >= 4 is 27.6 Å². The van der Waals surface area contributed by atoms with Gasteiger partial charge in [0, 0.05) is 30.7 Å². The molecule has 0 spiro atoms. The second kappa shape index (κ2) is 6.19. The number of ether oxygens (including phenoxy) is 1. The minimum Gasteiger partial charge on any atom is -0.497 e. The Morgan fingerprint density at radius 1 is 1.12 bits per heavy atom. The van der Waals surface area contributed by atoms with Gasteiger partial charge in [-0.25, -0.2) is 4.98 Å². The van der Waals surface area contributed by atoms with Crippen LogP contribution in [0.4, 0.5) is 5.69 Å². The van der Waals surface area contributed by atoms with Crippen molar-refractivity contribution in [1.82, 2.24) is 20.1 Å². The molecule has 0 radical (unpaired) electrons. The van der Waals surface area contributed by atoms with Crippen molar-refractivity contribution in [2.45, 2.75) is 20.3 Å². The van der Waals surface area contributed by atoms with Gasteiger partial charge in [-0.2, -0.15) is 5.10 Å². The molecular formula is C19H25N5O. The summed E-state index contributed by atoms with van der Waals surface area (Å²) in [4.78, 5) is 9.73. The van der Waals surface area contributed by atoms with Crippen molar-refractivity contribution in [3.63, 3.8) is 0 Å². The first kappa shape index (κ1) is 16.1. The van der Waals surface area contributed by atoms with Gasteiger partial charge in [0.05, 0.1) is 23.7 Å². The number of benzene rings is 1. The monoisotopic (exact) mass is 339 g/mol. The van der Waals surface area contributed by atoms with Gasteiger partial charge in [0.1, 0.15) is 5.75 Å². The summed E-state index contributed by atoms with van der Waals surface area (Å²) in [6.07, 6.45) is 1.15. The summed E-state index contributed by atoms with van der Waals surface area (Å²) in [6.45, 7) is 8.40. The maximum Gasteiger partial charge on any atom is 0.183 e. The van der Waals surface area contributed by atoms with Crippen LogP contribution in [-0.4, -0.2) is 60.4 Å². The smallest absolute Gasteiger partial charge is 0.183 e. The first-order valence-corrected chi connectivity index (χ1v) is 8.85. The molecule has 1 saturated heterocycles. The largest absolute Gasteiger partial charge is 0.497 e. The van der Waals surface area contributed by atoms with E-state index in [1.165, 1.54) is 5.69 Å². The fourth-order valence-electron chi connectivity index (χ4n) is 3.81. The first-order valence-electron chi connectivity index (χ1n) is 8.85. The molecule has 1 aromatic carbocycles. The summed E-state index contributed by atoms with van der Waals surface area (Å²) in [5, 5.41) is 9.84. The number of anilines is 1. The van der Waals surface area contributed by atoms with Crippen molar-refractivity contribution in [2.75, 3.05) is 45.2 Å². The molecule has 0 aliphatic carbocycles. The fourth-order valence-corrected chi connectivity index (χ4v) is 3.81. The summed E-state index contributed by atoms with van der Waals surface area (Å²) in [7, 11) is 3.91. The van der Waals surface area contributed by atoms with E-state index in [1.807, 2.05) is 6.07 Å². The van der Waals surface area contributed by atoms with Crippen LogP contribution in [0.1, 0.15) is 17.7 Å². The highest BCUT2D eigenvalue weighted by atomic mass is 16.5. The molecule has 4 rings (SSSR count). The van der Waals surface area contributed by atoms with Crippen LogP contribution >= 0.6 is 0 Å². The molecule has 6 heteroatoms. The normalized spacial score (nSPS) is 16.6. The lowest BCUT2D eigenvalue weighted by molar-refractivity contribution is 0.360. The third kappa shape index (κ3) is 2.70. The molecule has 0 unspecified atom stereocenters. The van der Waals surface area contributed by atoms with Crippen molar-refractivity contribution in [1.29, 1.82) is 0 Å². The van der Waals surface area contributed by atoms with Gasteiger partial charge in [-0.1, -0.05) is 0 Å². The summed E-state index contributed by atoms with van der Waals surface area (Å²) in [5.74, 6) is 0.875. The number of nitrogens with one attached hydrogen (secondary N) is 1. The van der Waals surface area contributed by atoms with Crippen LogP contribution in [0.25, 0.3) is 21.9 Å². The predicted molar refractivity (Wildman–Crippen MR) is 102 cm³/mol. The Balaban J connectivity index is 2.02. The number of rotatable bonds is 2. The molecule has 1 aliphatic rings. The molecule has 1 aliphatic heterocycles. The van der Waals surface area contributed by atoms with Gasteiger partial charge < -0.3 is 14.5 Å². The maximum absolute atomic E-state index is 5.53. The molecule has 1 N–H and O–H groups in total. The lowest BCUT2D eigenvalue weighted by atomic mass is 10.0. The van der Waals surface area contributed by atoms with Crippen LogP contribution in [0, 0.1) is 13.8 Å². The van der Waals surface area contributed by atoms with E-state index in [1.54, 1.807) is 7.11 Å². The van der Waals surface area contributed by atoms with E-state index >= 15 is 0 Å². The molecule has 0 atom stereocenters. The van der Waals surface area contributed by atoms with Crippen molar-refractivity contribution in [3.8, 4) is 5.75 Å². The molecule has 2 aromatic heterocycles. The number of nitrogens with zero attached hydrogens (tertiary/aromatic N) is 4. The summed E-state index contributed by atoms with van der Waals surface area (Å²) in [5.41, 5.74) is 5.23.